The predicted molar refractivity (Wildman–Crippen MR) is 84.2 cm³/mol. The van der Waals surface area contributed by atoms with Gasteiger partial charge in [-0.3, -0.25) is 9.59 Å². The molecule has 0 unspecified atom stereocenters. The Balaban J connectivity index is 2.31. The lowest BCUT2D eigenvalue weighted by Gasteiger charge is -2.37. The highest BCUT2D eigenvalue weighted by atomic mass is 16.5. The van der Waals surface area contributed by atoms with Gasteiger partial charge in [0.1, 0.15) is 11.7 Å². The number of likely N-dealkylation sites (tertiary alicyclic amines) is 1. The molecule has 2 heterocycles. The van der Waals surface area contributed by atoms with Crippen LogP contribution < -0.4 is 0 Å². The number of carbonyl (C=O) groups excluding carboxylic acids is 3. The number of amides is 1. The summed E-state index contributed by atoms with van der Waals surface area (Å²) in [5.41, 5.74) is 0.239. The van der Waals surface area contributed by atoms with Gasteiger partial charge < -0.3 is 18.9 Å². The Kier molecular flexibility index (Phi) is 5.58. The second-order valence-electron chi connectivity index (χ2n) is 6.04. The summed E-state index contributed by atoms with van der Waals surface area (Å²) >= 11 is 0. The summed E-state index contributed by atoms with van der Waals surface area (Å²) in [5.74, 6) is -2.26. The second-order valence-corrected chi connectivity index (χ2v) is 6.04. The number of rotatable bonds is 4. The Labute approximate surface area is 140 Å². The van der Waals surface area contributed by atoms with E-state index in [1.165, 1.54) is 19.1 Å². The molecule has 1 aromatic heterocycles. The number of esters is 2. The SMILES string of the molecule is COC(=O)[C@H]1CCCN(C(=O)c2cn(C(C)C)cn2)[C@H]1C(=O)OC. The first-order valence-electron chi connectivity index (χ1n) is 7.90. The van der Waals surface area contributed by atoms with Crippen molar-refractivity contribution in [3.05, 3.63) is 18.2 Å². The van der Waals surface area contributed by atoms with Crippen LogP contribution in [0, 0.1) is 5.92 Å². The Hall–Kier alpha value is -2.38. The molecule has 0 spiro atoms. The topological polar surface area (TPSA) is 90.7 Å². The molecule has 1 aliphatic rings. The van der Waals surface area contributed by atoms with E-state index in [2.05, 4.69) is 4.98 Å². The number of hydrogen-bond donors (Lipinski definition) is 0. The highest BCUT2D eigenvalue weighted by molar-refractivity contribution is 5.96. The van der Waals surface area contributed by atoms with Crippen molar-refractivity contribution in [3.8, 4) is 0 Å². The smallest absolute Gasteiger partial charge is 0.329 e. The van der Waals surface area contributed by atoms with Crippen molar-refractivity contribution in [3.63, 3.8) is 0 Å². The molecule has 1 amide bonds. The van der Waals surface area contributed by atoms with Gasteiger partial charge in [-0.1, -0.05) is 0 Å². The van der Waals surface area contributed by atoms with Crippen LogP contribution in [-0.4, -0.2) is 59.1 Å². The first-order valence-corrected chi connectivity index (χ1v) is 7.90. The van der Waals surface area contributed by atoms with Gasteiger partial charge in [-0.25, -0.2) is 9.78 Å². The monoisotopic (exact) mass is 337 g/mol. The third kappa shape index (κ3) is 3.42. The number of hydrogen-bond acceptors (Lipinski definition) is 6. The largest absolute Gasteiger partial charge is 0.469 e. The Bertz CT molecular complexity index is 625. The van der Waals surface area contributed by atoms with Crippen molar-refractivity contribution in [2.75, 3.05) is 20.8 Å². The van der Waals surface area contributed by atoms with Crippen LogP contribution >= 0.6 is 0 Å². The molecule has 2 rings (SSSR count). The molecule has 132 valence electrons. The normalized spacial score (nSPS) is 20.8. The molecule has 0 radical (unpaired) electrons. The highest BCUT2D eigenvalue weighted by Crippen LogP contribution is 2.27. The summed E-state index contributed by atoms with van der Waals surface area (Å²) in [5, 5.41) is 0. The first kappa shape index (κ1) is 18.0. The van der Waals surface area contributed by atoms with Crippen molar-refractivity contribution >= 4 is 17.8 Å². The van der Waals surface area contributed by atoms with E-state index in [9.17, 15) is 14.4 Å². The summed E-state index contributed by atoms with van der Waals surface area (Å²) in [4.78, 5) is 42.5. The summed E-state index contributed by atoms with van der Waals surface area (Å²) in [6.45, 7) is 4.31. The van der Waals surface area contributed by atoms with E-state index in [1.54, 1.807) is 12.5 Å². The molecule has 0 N–H and O–H groups in total. The van der Waals surface area contributed by atoms with Crippen LogP contribution in [0.1, 0.15) is 43.2 Å². The molecule has 1 aromatic rings. The summed E-state index contributed by atoms with van der Waals surface area (Å²) in [6, 6.07) is -0.826. The minimum absolute atomic E-state index is 0.166. The lowest BCUT2D eigenvalue weighted by molar-refractivity contribution is -0.160. The average molecular weight is 337 g/mol. The van der Waals surface area contributed by atoms with Gasteiger partial charge in [-0.2, -0.15) is 0 Å². The molecular weight excluding hydrogens is 314 g/mol. The van der Waals surface area contributed by atoms with E-state index < -0.39 is 29.8 Å². The first-order chi connectivity index (χ1) is 11.4. The Morgan fingerprint density at radius 3 is 2.42 bits per heavy atom. The van der Waals surface area contributed by atoms with Crippen LogP contribution in [-0.2, 0) is 19.1 Å². The summed E-state index contributed by atoms with van der Waals surface area (Å²) in [7, 11) is 2.50. The van der Waals surface area contributed by atoms with Crippen LogP contribution in [0.5, 0.6) is 0 Å². The predicted octanol–water partition coefficient (Wildman–Crippen LogP) is 1.03. The van der Waals surface area contributed by atoms with E-state index in [0.29, 0.717) is 19.4 Å². The lowest BCUT2D eigenvalue weighted by Crippen LogP contribution is -2.55. The van der Waals surface area contributed by atoms with Crippen LogP contribution in [0.3, 0.4) is 0 Å². The minimum atomic E-state index is -0.993. The maximum Gasteiger partial charge on any atom is 0.329 e. The van der Waals surface area contributed by atoms with Gasteiger partial charge >= 0.3 is 11.9 Å². The van der Waals surface area contributed by atoms with E-state index in [0.717, 1.165) is 0 Å². The van der Waals surface area contributed by atoms with Crippen LogP contribution in [0.4, 0.5) is 0 Å². The van der Waals surface area contributed by atoms with Crippen molar-refractivity contribution in [1.29, 1.82) is 0 Å². The maximum absolute atomic E-state index is 12.8. The second kappa shape index (κ2) is 7.46. The zero-order chi connectivity index (χ0) is 17.9. The van der Waals surface area contributed by atoms with Gasteiger partial charge in [0.25, 0.3) is 5.91 Å². The maximum atomic E-state index is 12.8. The molecule has 1 saturated heterocycles. The summed E-state index contributed by atoms with van der Waals surface area (Å²) in [6.07, 6.45) is 4.29. The molecule has 0 bridgehead atoms. The molecule has 0 saturated carbocycles. The fourth-order valence-electron chi connectivity index (χ4n) is 2.91. The molecule has 0 aromatic carbocycles. The van der Waals surface area contributed by atoms with Crippen molar-refractivity contribution < 1.29 is 23.9 Å². The lowest BCUT2D eigenvalue weighted by atomic mass is 9.88. The molecule has 1 fully saturated rings. The number of methoxy groups -OCH3 is 2. The number of piperidine rings is 1. The van der Waals surface area contributed by atoms with Gasteiger partial charge in [0, 0.05) is 18.8 Å². The van der Waals surface area contributed by atoms with Crippen molar-refractivity contribution in [2.45, 2.75) is 38.8 Å². The van der Waals surface area contributed by atoms with Crippen molar-refractivity contribution in [1.82, 2.24) is 14.5 Å². The summed E-state index contributed by atoms with van der Waals surface area (Å²) < 4.78 is 11.4. The Morgan fingerprint density at radius 2 is 1.88 bits per heavy atom. The van der Waals surface area contributed by atoms with Gasteiger partial charge in [0.05, 0.1) is 26.5 Å². The molecular formula is C16H23N3O5. The zero-order valence-electron chi connectivity index (χ0n) is 14.4. The number of nitrogens with zero attached hydrogens (tertiary/aromatic N) is 3. The van der Waals surface area contributed by atoms with E-state index >= 15 is 0 Å². The highest BCUT2D eigenvalue weighted by Gasteiger charge is 2.44. The third-order valence-corrected chi connectivity index (χ3v) is 4.26. The molecule has 24 heavy (non-hydrogen) atoms. The van der Waals surface area contributed by atoms with E-state index in [4.69, 9.17) is 9.47 Å². The molecule has 8 heteroatoms. The number of ether oxygens (including phenoxy) is 2. The molecule has 2 atom stereocenters. The van der Waals surface area contributed by atoms with Gasteiger partial charge in [-0.15, -0.1) is 0 Å². The number of aromatic nitrogens is 2. The molecule has 8 nitrogen and oxygen atoms in total. The van der Waals surface area contributed by atoms with Gasteiger partial charge in [-0.05, 0) is 26.7 Å². The standard InChI is InChI=1S/C16H23N3O5/c1-10(2)18-8-12(17-9-18)14(20)19-7-5-6-11(15(21)23-3)13(19)16(22)24-4/h8-11,13H,5-7H2,1-4H3/t11-,13+/m0/s1. The van der Waals surface area contributed by atoms with Crippen molar-refractivity contribution in [2.24, 2.45) is 5.92 Å². The number of carbonyl (C=O) groups is 3. The fraction of sp³-hybridized carbons (Fsp3) is 0.625. The number of imidazole rings is 1. The quantitative estimate of drug-likeness (QED) is 0.762. The molecule has 1 aliphatic heterocycles. The van der Waals surface area contributed by atoms with Crippen LogP contribution in [0.15, 0.2) is 12.5 Å². The van der Waals surface area contributed by atoms with E-state index in [-0.39, 0.29) is 11.7 Å². The minimum Gasteiger partial charge on any atom is -0.469 e. The van der Waals surface area contributed by atoms with E-state index in [1.807, 2.05) is 18.4 Å². The zero-order valence-corrected chi connectivity index (χ0v) is 14.4. The average Bonchev–Trinajstić information content (AvgIpc) is 3.09. The molecule has 0 aliphatic carbocycles. The third-order valence-electron chi connectivity index (χ3n) is 4.26. The van der Waals surface area contributed by atoms with Gasteiger partial charge in [0.15, 0.2) is 0 Å². The van der Waals surface area contributed by atoms with Crippen LogP contribution in [0.25, 0.3) is 0 Å². The van der Waals surface area contributed by atoms with Crippen LogP contribution in [0.2, 0.25) is 0 Å². The Morgan fingerprint density at radius 1 is 1.21 bits per heavy atom. The van der Waals surface area contributed by atoms with Gasteiger partial charge in [0.2, 0.25) is 0 Å². The fourth-order valence-corrected chi connectivity index (χ4v) is 2.91.